The van der Waals surface area contributed by atoms with Crippen molar-refractivity contribution in [2.24, 2.45) is 5.16 Å². The summed E-state index contributed by atoms with van der Waals surface area (Å²) in [5.74, 6) is -0.139. The molecule has 0 radical (unpaired) electrons. The number of aryl methyl sites for hydroxylation is 1. The summed E-state index contributed by atoms with van der Waals surface area (Å²) < 4.78 is 0. The van der Waals surface area contributed by atoms with Crippen molar-refractivity contribution < 1.29 is 14.8 Å². The van der Waals surface area contributed by atoms with Gasteiger partial charge in [-0.05, 0) is 49.9 Å². The van der Waals surface area contributed by atoms with Gasteiger partial charge >= 0.3 is 0 Å². The summed E-state index contributed by atoms with van der Waals surface area (Å²) in [7, 11) is 0. The predicted octanol–water partition coefficient (Wildman–Crippen LogP) is 3.19. The molecule has 0 bridgehead atoms. The van der Waals surface area contributed by atoms with E-state index >= 15 is 0 Å². The second kappa shape index (κ2) is 7.20. The number of rotatable bonds is 5. The normalized spacial score (nSPS) is 15.5. The third-order valence-corrected chi connectivity index (χ3v) is 3.98. The highest BCUT2D eigenvalue weighted by molar-refractivity contribution is 6.45. The fourth-order valence-electron chi connectivity index (χ4n) is 2.71. The van der Waals surface area contributed by atoms with Crippen LogP contribution in [0.3, 0.4) is 0 Å². The van der Waals surface area contributed by atoms with E-state index in [1.807, 2.05) is 17.0 Å². The summed E-state index contributed by atoms with van der Waals surface area (Å²) in [5.41, 5.74) is 2.48. The summed E-state index contributed by atoms with van der Waals surface area (Å²) in [6, 6.07) is 5.36. The van der Waals surface area contributed by atoms with Crippen molar-refractivity contribution >= 4 is 23.1 Å². The Morgan fingerprint density at radius 3 is 2.82 bits per heavy atom. The van der Waals surface area contributed by atoms with E-state index < -0.39 is 0 Å². The standard InChI is InChI=1S/C17H22N2O3/c1-3-4-10-19-15-9-8-14(17(21)12(2)18-22)11-13(15)6-5-7-16(19)20/h8-9,11,22H,3-7,10H2,1-2H3. The Kier molecular flexibility index (Phi) is 5.31. The number of hydrogen-bond acceptors (Lipinski definition) is 4. The van der Waals surface area contributed by atoms with E-state index in [4.69, 9.17) is 5.21 Å². The van der Waals surface area contributed by atoms with Gasteiger partial charge in [-0.3, -0.25) is 9.59 Å². The third-order valence-electron chi connectivity index (χ3n) is 3.98. The predicted molar refractivity (Wildman–Crippen MR) is 85.9 cm³/mol. The van der Waals surface area contributed by atoms with E-state index in [1.165, 1.54) is 6.92 Å². The number of nitrogens with zero attached hydrogens (tertiary/aromatic N) is 2. The molecule has 118 valence electrons. The average Bonchev–Trinajstić information content (AvgIpc) is 2.69. The van der Waals surface area contributed by atoms with Crippen molar-refractivity contribution in [1.29, 1.82) is 0 Å². The van der Waals surface area contributed by atoms with Gasteiger partial charge in [0.1, 0.15) is 5.71 Å². The van der Waals surface area contributed by atoms with Crippen LogP contribution in [0.15, 0.2) is 23.4 Å². The summed E-state index contributed by atoms with van der Waals surface area (Å²) in [5, 5.41) is 11.7. The molecule has 2 rings (SSSR count). The van der Waals surface area contributed by atoms with Gasteiger partial charge in [-0.1, -0.05) is 18.5 Å². The molecule has 0 unspecified atom stereocenters. The van der Waals surface area contributed by atoms with E-state index in [-0.39, 0.29) is 17.4 Å². The van der Waals surface area contributed by atoms with Crippen molar-refractivity contribution in [2.75, 3.05) is 11.4 Å². The number of oxime groups is 1. The molecule has 1 amide bonds. The lowest BCUT2D eigenvalue weighted by molar-refractivity contribution is -0.118. The summed E-state index contributed by atoms with van der Waals surface area (Å²) in [4.78, 5) is 26.2. The number of benzene rings is 1. The molecule has 0 saturated heterocycles. The minimum absolute atomic E-state index is 0.0625. The summed E-state index contributed by atoms with van der Waals surface area (Å²) in [6.45, 7) is 4.29. The van der Waals surface area contributed by atoms with E-state index in [0.717, 1.165) is 36.9 Å². The number of anilines is 1. The van der Waals surface area contributed by atoms with Gasteiger partial charge in [0.2, 0.25) is 11.7 Å². The lowest BCUT2D eigenvalue weighted by Crippen LogP contribution is -2.31. The Balaban J connectivity index is 2.37. The minimum atomic E-state index is -0.291. The zero-order valence-electron chi connectivity index (χ0n) is 13.1. The van der Waals surface area contributed by atoms with Crippen LogP contribution >= 0.6 is 0 Å². The van der Waals surface area contributed by atoms with E-state index in [9.17, 15) is 9.59 Å². The topological polar surface area (TPSA) is 70.0 Å². The van der Waals surface area contributed by atoms with Crippen LogP contribution < -0.4 is 4.90 Å². The minimum Gasteiger partial charge on any atom is -0.411 e. The maximum Gasteiger partial charge on any atom is 0.226 e. The number of ketones is 1. The molecule has 1 aromatic carbocycles. The largest absolute Gasteiger partial charge is 0.411 e. The first-order chi connectivity index (χ1) is 10.6. The van der Waals surface area contributed by atoms with Gasteiger partial charge < -0.3 is 10.1 Å². The molecule has 5 nitrogen and oxygen atoms in total. The van der Waals surface area contributed by atoms with Crippen LogP contribution in [0.2, 0.25) is 0 Å². The molecule has 0 aliphatic carbocycles. The SMILES string of the molecule is CCCCN1C(=O)CCCc2cc(C(=O)C(C)=NO)ccc21. The van der Waals surface area contributed by atoms with Gasteiger partial charge in [0.15, 0.2) is 0 Å². The number of Topliss-reactive ketones (excluding diaryl/α,β-unsaturated/α-hetero) is 1. The zero-order valence-corrected chi connectivity index (χ0v) is 13.1. The van der Waals surface area contributed by atoms with Crippen LogP contribution in [0.1, 0.15) is 55.5 Å². The number of fused-ring (bicyclic) bond motifs is 1. The van der Waals surface area contributed by atoms with Crippen molar-refractivity contribution in [2.45, 2.75) is 46.0 Å². The Morgan fingerprint density at radius 2 is 2.14 bits per heavy atom. The first-order valence-corrected chi connectivity index (χ1v) is 7.75. The van der Waals surface area contributed by atoms with Crippen molar-refractivity contribution in [3.8, 4) is 0 Å². The fraction of sp³-hybridized carbons (Fsp3) is 0.471. The molecule has 1 N–H and O–H groups in total. The average molecular weight is 302 g/mol. The number of hydrogen-bond donors (Lipinski definition) is 1. The smallest absolute Gasteiger partial charge is 0.226 e. The maximum atomic E-state index is 12.3. The fourth-order valence-corrected chi connectivity index (χ4v) is 2.71. The molecular formula is C17H22N2O3. The Bertz CT molecular complexity index is 608. The van der Waals surface area contributed by atoms with Gasteiger partial charge in [-0.25, -0.2) is 0 Å². The van der Waals surface area contributed by atoms with E-state index in [2.05, 4.69) is 12.1 Å². The van der Waals surface area contributed by atoms with Crippen LogP contribution in [-0.4, -0.2) is 29.2 Å². The molecule has 1 aromatic rings. The number of carbonyl (C=O) groups is 2. The van der Waals surface area contributed by atoms with Crippen molar-refractivity contribution in [1.82, 2.24) is 0 Å². The quantitative estimate of drug-likeness (QED) is 0.393. The number of amides is 1. The molecule has 0 spiro atoms. The van der Waals surface area contributed by atoms with Gasteiger partial charge in [0.05, 0.1) is 0 Å². The first kappa shape index (κ1) is 16.2. The first-order valence-electron chi connectivity index (χ1n) is 7.75. The van der Waals surface area contributed by atoms with Gasteiger partial charge in [0.25, 0.3) is 0 Å². The Hall–Kier alpha value is -2.17. The lowest BCUT2D eigenvalue weighted by Gasteiger charge is -2.23. The third kappa shape index (κ3) is 3.35. The van der Waals surface area contributed by atoms with Gasteiger partial charge in [-0.15, -0.1) is 0 Å². The summed E-state index contributed by atoms with van der Waals surface area (Å²) in [6.07, 6.45) is 4.10. The molecule has 0 fully saturated rings. The van der Waals surface area contributed by atoms with Gasteiger partial charge in [-0.2, -0.15) is 0 Å². The zero-order chi connectivity index (χ0) is 16.1. The van der Waals surface area contributed by atoms with Crippen LogP contribution in [0.5, 0.6) is 0 Å². The molecule has 1 aliphatic rings. The van der Waals surface area contributed by atoms with Crippen molar-refractivity contribution in [3.63, 3.8) is 0 Å². The second-order valence-corrected chi connectivity index (χ2v) is 5.61. The molecule has 5 heteroatoms. The molecule has 1 aliphatic heterocycles. The van der Waals surface area contributed by atoms with Crippen LogP contribution in [0.25, 0.3) is 0 Å². The Morgan fingerprint density at radius 1 is 1.36 bits per heavy atom. The van der Waals surface area contributed by atoms with Crippen LogP contribution in [0.4, 0.5) is 5.69 Å². The molecule has 0 atom stereocenters. The molecule has 22 heavy (non-hydrogen) atoms. The molecular weight excluding hydrogens is 280 g/mol. The monoisotopic (exact) mass is 302 g/mol. The highest BCUT2D eigenvalue weighted by atomic mass is 16.4. The van der Waals surface area contributed by atoms with Crippen LogP contribution in [-0.2, 0) is 11.2 Å². The number of unbranched alkanes of at least 4 members (excludes halogenated alkanes) is 1. The number of carbonyl (C=O) groups excluding carboxylic acids is 2. The van der Waals surface area contributed by atoms with E-state index in [1.54, 1.807) is 6.07 Å². The Labute approximate surface area is 130 Å². The lowest BCUT2D eigenvalue weighted by atomic mass is 10.0. The summed E-state index contributed by atoms with van der Waals surface area (Å²) >= 11 is 0. The highest BCUT2D eigenvalue weighted by Gasteiger charge is 2.23. The molecule has 0 aromatic heterocycles. The van der Waals surface area contributed by atoms with Crippen molar-refractivity contribution in [3.05, 3.63) is 29.3 Å². The molecule has 0 saturated carbocycles. The molecule has 1 heterocycles. The highest BCUT2D eigenvalue weighted by Crippen LogP contribution is 2.28. The van der Waals surface area contributed by atoms with Gasteiger partial charge in [0, 0.05) is 24.2 Å². The second-order valence-electron chi connectivity index (χ2n) is 5.61. The van der Waals surface area contributed by atoms with Crippen LogP contribution in [0, 0.1) is 0 Å². The van der Waals surface area contributed by atoms with E-state index in [0.29, 0.717) is 18.5 Å². The maximum absolute atomic E-state index is 12.3.